The third-order valence-electron chi connectivity index (χ3n) is 4.59. The number of primary amides is 1. The highest BCUT2D eigenvalue weighted by molar-refractivity contribution is 5.98. The summed E-state index contributed by atoms with van der Waals surface area (Å²) >= 11 is 0. The van der Waals surface area contributed by atoms with E-state index in [2.05, 4.69) is 5.16 Å². The molecule has 0 saturated carbocycles. The number of aromatic nitrogens is 1. The highest BCUT2D eigenvalue weighted by atomic mass is 16.5. The highest BCUT2D eigenvalue weighted by Crippen LogP contribution is 2.26. The lowest BCUT2D eigenvalue weighted by atomic mass is 10.0. The number of benzene rings is 1. The van der Waals surface area contributed by atoms with Crippen molar-refractivity contribution in [1.29, 1.82) is 0 Å². The molecule has 1 atom stereocenters. The molecule has 2 N–H and O–H groups in total. The van der Waals surface area contributed by atoms with E-state index in [4.69, 9.17) is 15.0 Å². The Kier molecular flexibility index (Phi) is 5.54. The van der Waals surface area contributed by atoms with Gasteiger partial charge in [-0.1, -0.05) is 35.5 Å². The van der Waals surface area contributed by atoms with Crippen molar-refractivity contribution in [2.24, 2.45) is 5.73 Å². The molecule has 2 heterocycles. The van der Waals surface area contributed by atoms with Crippen LogP contribution in [0.25, 0.3) is 11.3 Å². The van der Waals surface area contributed by atoms with Crippen LogP contribution >= 0.6 is 0 Å². The van der Waals surface area contributed by atoms with Crippen LogP contribution in [0.1, 0.15) is 35.4 Å². The average molecular weight is 371 g/mol. The number of hydrogen-bond acceptors (Lipinski definition) is 6. The first-order valence-electron chi connectivity index (χ1n) is 8.76. The Morgan fingerprint density at radius 3 is 2.70 bits per heavy atom. The van der Waals surface area contributed by atoms with Gasteiger partial charge in [0.25, 0.3) is 5.91 Å². The summed E-state index contributed by atoms with van der Waals surface area (Å²) in [6.45, 7) is 1.55. The number of carbonyl (C=O) groups excluding carboxylic acids is 3. The van der Waals surface area contributed by atoms with Crippen LogP contribution in [0.4, 0.5) is 0 Å². The Labute approximate surface area is 156 Å². The molecule has 1 fully saturated rings. The summed E-state index contributed by atoms with van der Waals surface area (Å²) in [6.07, 6.45) is 2.14. The first kappa shape index (κ1) is 18.6. The lowest BCUT2D eigenvalue weighted by Crippen LogP contribution is -2.51. The Morgan fingerprint density at radius 2 is 2.00 bits per heavy atom. The van der Waals surface area contributed by atoms with Gasteiger partial charge in [-0.05, 0) is 26.2 Å². The molecule has 2 aromatic rings. The number of hydrogen-bond donors (Lipinski definition) is 1. The fourth-order valence-corrected chi connectivity index (χ4v) is 3.21. The van der Waals surface area contributed by atoms with Crippen LogP contribution in [-0.2, 0) is 14.3 Å². The van der Waals surface area contributed by atoms with Gasteiger partial charge < -0.3 is 19.9 Å². The van der Waals surface area contributed by atoms with E-state index >= 15 is 0 Å². The van der Waals surface area contributed by atoms with Gasteiger partial charge in [0.15, 0.2) is 6.61 Å². The monoisotopic (exact) mass is 371 g/mol. The lowest BCUT2D eigenvalue weighted by Gasteiger charge is -2.33. The molecule has 1 aromatic heterocycles. The van der Waals surface area contributed by atoms with Gasteiger partial charge in [0.05, 0.1) is 0 Å². The Bertz CT molecular complexity index is 846. The van der Waals surface area contributed by atoms with E-state index in [1.54, 1.807) is 19.1 Å². The van der Waals surface area contributed by atoms with E-state index < -0.39 is 30.4 Å². The summed E-state index contributed by atoms with van der Waals surface area (Å²) in [5.41, 5.74) is 6.62. The third kappa shape index (κ3) is 3.99. The topological polar surface area (TPSA) is 116 Å². The predicted molar refractivity (Wildman–Crippen MR) is 95.5 cm³/mol. The molecule has 0 bridgehead atoms. The second-order valence-electron chi connectivity index (χ2n) is 6.41. The van der Waals surface area contributed by atoms with Crippen LogP contribution in [0.15, 0.2) is 34.9 Å². The molecular formula is C19H21N3O5. The number of nitrogens with zero attached hydrogens (tertiary/aromatic N) is 2. The Morgan fingerprint density at radius 1 is 1.26 bits per heavy atom. The second kappa shape index (κ2) is 8.03. The molecule has 8 nitrogen and oxygen atoms in total. The summed E-state index contributed by atoms with van der Waals surface area (Å²) in [5.74, 6) is -1.38. The molecule has 2 amide bonds. The largest absolute Gasteiger partial charge is 0.452 e. The predicted octanol–water partition coefficient (Wildman–Crippen LogP) is 1.67. The molecule has 0 spiro atoms. The fraction of sp³-hybridized carbons (Fsp3) is 0.368. The normalized spacial score (nSPS) is 16.8. The first-order valence-corrected chi connectivity index (χ1v) is 8.76. The van der Waals surface area contributed by atoms with E-state index in [1.165, 1.54) is 4.90 Å². The summed E-state index contributed by atoms with van der Waals surface area (Å²) in [5, 5.41) is 3.93. The number of aryl methyl sites for hydroxylation is 1. The zero-order chi connectivity index (χ0) is 19.4. The maximum absolute atomic E-state index is 12.5. The zero-order valence-electron chi connectivity index (χ0n) is 15.0. The number of amides is 2. The number of rotatable bonds is 5. The SMILES string of the molecule is Cc1onc(-c2ccccc2)c1C(=O)OCC(=O)N1CCCC[C@@H]1C(N)=O. The van der Waals surface area contributed by atoms with Crippen LogP contribution in [0.3, 0.4) is 0 Å². The molecular weight excluding hydrogens is 350 g/mol. The quantitative estimate of drug-likeness (QED) is 0.799. The number of likely N-dealkylation sites (tertiary alicyclic amines) is 1. The minimum Gasteiger partial charge on any atom is -0.452 e. The van der Waals surface area contributed by atoms with E-state index in [-0.39, 0.29) is 5.56 Å². The molecule has 1 saturated heterocycles. The van der Waals surface area contributed by atoms with E-state index in [1.807, 2.05) is 18.2 Å². The molecule has 1 aliphatic heterocycles. The van der Waals surface area contributed by atoms with Gasteiger partial charge in [-0.3, -0.25) is 9.59 Å². The van der Waals surface area contributed by atoms with Crippen molar-refractivity contribution in [3.05, 3.63) is 41.7 Å². The second-order valence-corrected chi connectivity index (χ2v) is 6.41. The molecule has 8 heteroatoms. The van der Waals surface area contributed by atoms with Crippen LogP contribution in [-0.4, -0.2) is 47.0 Å². The van der Waals surface area contributed by atoms with Crippen LogP contribution < -0.4 is 5.73 Å². The molecule has 0 aliphatic carbocycles. The van der Waals surface area contributed by atoms with Crippen LogP contribution in [0, 0.1) is 6.92 Å². The molecule has 0 radical (unpaired) electrons. The third-order valence-corrected chi connectivity index (χ3v) is 4.59. The van der Waals surface area contributed by atoms with Crippen molar-refractivity contribution in [1.82, 2.24) is 10.1 Å². The standard InChI is InChI=1S/C19H21N3O5/c1-12-16(17(21-27-12)13-7-3-2-4-8-13)19(25)26-11-15(23)22-10-6-5-9-14(22)18(20)24/h2-4,7-8,14H,5-6,9-11H2,1H3,(H2,20,24)/t14-/m1/s1. The van der Waals surface area contributed by atoms with Crippen molar-refractivity contribution in [2.75, 3.05) is 13.2 Å². The summed E-state index contributed by atoms with van der Waals surface area (Å²) in [4.78, 5) is 37.9. The van der Waals surface area contributed by atoms with Crippen LogP contribution in [0.2, 0.25) is 0 Å². The molecule has 27 heavy (non-hydrogen) atoms. The number of esters is 1. The molecule has 3 rings (SSSR count). The van der Waals surface area contributed by atoms with Crippen molar-refractivity contribution in [3.63, 3.8) is 0 Å². The van der Waals surface area contributed by atoms with Crippen molar-refractivity contribution < 1.29 is 23.6 Å². The van der Waals surface area contributed by atoms with E-state index in [9.17, 15) is 14.4 Å². The molecule has 0 unspecified atom stereocenters. The average Bonchev–Trinajstić information content (AvgIpc) is 3.08. The summed E-state index contributed by atoms with van der Waals surface area (Å²) < 4.78 is 10.3. The van der Waals surface area contributed by atoms with Gasteiger partial charge in [-0.25, -0.2) is 4.79 Å². The summed E-state index contributed by atoms with van der Waals surface area (Å²) in [6, 6.07) is 8.42. The summed E-state index contributed by atoms with van der Waals surface area (Å²) in [7, 11) is 0. The van der Waals surface area contributed by atoms with Crippen molar-refractivity contribution in [3.8, 4) is 11.3 Å². The number of nitrogens with two attached hydrogens (primary N) is 1. The molecule has 1 aliphatic rings. The number of carbonyl (C=O) groups is 3. The number of piperidine rings is 1. The lowest BCUT2D eigenvalue weighted by molar-refractivity contribution is -0.143. The van der Waals surface area contributed by atoms with Gasteiger partial charge in [-0.15, -0.1) is 0 Å². The zero-order valence-corrected chi connectivity index (χ0v) is 15.0. The van der Waals surface area contributed by atoms with Gasteiger partial charge in [0.1, 0.15) is 23.1 Å². The maximum atomic E-state index is 12.5. The van der Waals surface area contributed by atoms with E-state index in [0.29, 0.717) is 30.0 Å². The Balaban J connectivity index is 1.70. The smallest absolute Gasteiger partial charge is 0.344 e. The van der Waals surface area contributed by atoms with E-state index in [0.717, 1.165) is 12.8 Å². The minimum absolute atomic E-state index is 0.180. The fourth-order valence-electron chi connectivity index (χ4n) is 3.21. The van der Waals surface area contributed by atoms with Gasteiger partial charge >= 0.3 is 5.97 Å². The van der Waals surface area contributed by atoms with Crippen molar-refractivity contribution >= 4 is 17.8 Å². The van der Waals surface area contributed by atoms with Gasteiger partial charge in [0, 0.05) is 12.1 Å². The maximum Gasteiger partial charge on any atom is 0.344 e. The Hall–Kier alpha value is -3.16. The number of ether oxygens (including phenoxy) is 1. The van der Waals surface area contributed by atoms with Gasteiger partial charge in [-0.2, -0.15) is 0 Å². The first-order chi connectivity index (χ1) is 13.0. The van der Waals surface area contributed by atoms with Gasteiger partial charge in [0.2, 0.25) is 5.91 Å². The highest BCUT2D eigenvalue weighted by Gasteiger charge is 2.31. The minimum atomic E-state index is -0.700. The van der Waals surface area contributed by atoms with Crippen LogP contribution in [0.5, 0.6) is 0 Å². The van der Waals surface area contributed by atoms with Crippen molar-refractivity contribution in [2.45, 2.75) is 32.2 Å². The molecule has 1 aromatic carbocycles. The molecule has 142 valence electrons.